The lowest BCUT2D eigenvalue weighted by Crippen LogP contribution is -2.03. The number of benzene rings is 2. The number of nitriles is 1. The molecule has 0 saturated heterocycles. The van der Waals surface area contributed by atoms with Crippen LogP contribution in [0.15, 0.2) is 42.5 Å². The van der Waals surface area contributed by atoms with Gasteiger partial charge in [-0.1, -0.05) is 18.2 Å². The molecule has 20 heavy (non-hydrogen) atoms. The van der Waals surface area contributed by atoms with Crippen molar-refractivity contribution in [2.75, 3.05) is 5.32 Å². The van der Waals surface area contributed by atoms with Crippen molar-refractivity contribution in [1.29, 1.82) is 5.26 Å². The third-order valence-corrected chi connectivity index (χ3v) is 2.73. The lowest BCUT2D eigenvalue weighted by Gasteiger charge is -2.08. The molecule has 0 saturated carbocycles. The Morgan fingerprint density at radius 3 is 2.75 bits per heavy atom. The first-order chi connectivity index (χ1) is 9.61. The van der Waals surface area contributed by atoms with Crippen molar-refractivity contribution in [2.24, 2.45) is 0 Å². The van der Waals surface area contributed by atoms with E-state index >= 15 is 0 Å². The van der Waals surface area contributed by atoms with Gasteiger partial charge in [-0.25, -0.2) is 4.39 Å². The highest BCUT2D eigenvalue weighted by Crippen LogP contribution is 2.19. The van der Waals surface area contributed by atoms with Crippen LogP contribution in [0.1, 0.15) is 11.1 Å². The summed E-state index contributed by atoms with van der Waals surface area (Å²) in [5, 5.41) is 22.5. The molecule has 100 valence electrons. The number of nitro benzene ring substituents is 1. The van der Waals surface area contributed by atoms with Crippen molar-refractivity contribution in [3.05, 3.63) is 69.5 Å². The molecule has 0 unspecified atom stereocenters. The fourth-order valence-electron chi connectivity index (χ4n) is 1.76. The van der Waals surface area contributed by atoms with Crippen molar-refractivity contribution in [3.8, 4) is 6.07 Å². The Labute approximate surface area is 114 Å². The van der Waals surface area contributed by atoms with Crippen LogP contribution >= 0.6 is 0 Å². The van der Waals surface area contributed by atoms with E-state index in [1.54, 1.807) is 24.3 Å². The highest BCUT2D eigenvalue weighted by Gasteiger charge is 2.09. The van der Waals surface area contributed by atoms with Crippen LogP contribution in [0.2, 0.25) is 0 Å². The first-order valence-corrected chi connectivity index (χ1v) is 5.77. The second kappa shape index (κ2) is 5.80. The quantitative estimate of drug-likeness (QED) is 0.684. The smallest absolute Gasteiger partial charge is 0.269 e. The summed E-state index contributed by atoms with van der Waals surface area (Å²) in [7, 11) is 0. The summed E-state index contributed by atoms with van der Waals surface area (Å²) in [6, 6.07) is 12.2. The van der Waals surface area contributed by atoms with Crippen molar-refractivity contribution in [2.45, 2.75) is 6.54 Å². The van der Waals surface area contributed by atoms with Gasteiger partial charge in [0.15, 0.2) is 0 Å². The Hall–Kier alpha value is -2.94. The molecule has 0 amide bonds. The average Bonchev–Trinajstić information content (AvgIpc) is 2.45. The molecule has 0 spiro atoms. The van der Waals surface area contributed by atoms with Gasteiger partial charge in [0.1, 0.15) is 17.4 Å². The number of anilines is 1. The molecule has 6 heteroatoms. The Kier molecular flexibility index (Phi) is 3.91. The number of non-ortho nitro benzene ring substituents is 1. The molecule has 0 radical (unpaired) electrons. The molecule has 0 aliphatic rings. The number of rotatable bonds is 4. The van der Waals surface area contributed by atoms with Gasteiger partial charge in [-0.3, -0.25) is 10.1 Å². The molecule has 0 aliphatic heterocycles. The van der Waals surface area contributed by atoms with E-state index in [0.29, 0.717) is 11.3 Å². The van der Waals surface area contributed by atoms with E-state index in [4.69, 9.17) is 5.26 Å². The predicted molar refractivity (Wildman–Crippen MR) is 71.5 cm³/mol. The van der Waals surface area contributed by atoms with Crippen molar-refractivity contribution < 1.29 is 9.31 Å². The van der Waals surface area contributed by atoms with Crippen LogP contribution in [-0.2, 0) is 6.54 Å². The zero-order chi connectivity index (χ0) is 14.5. The van der Waals surface area contributed by atoms with E-state index in [1.807, 2.05) is 0 Å². The van der Waals surface area contributed by atoms with Gasteiger partial charge in [0.05, 0.1) is 10.6 Å². The van der Waals surface area contributed by atoms with E-state index in [1.165, 1.54) is 24.3 Å². The highest BCUT2D eigenvalue weighted by atomic mass is 19.1. The SMILES string of the molecule is N#Cc1c(F)cccc1NCc1cccc([N+](=O)[O-])c1. The third kappa shape index (κ3) is 2.90. The van der Waals surface area contributed by atoms with Gasteiger partial charge in [0, 0.05) is 18.7 Å². The van der Waals surface area contributed by atoms with Crippen molar-refractivity contribution >= 4 is 11.4 Å². The molecule has 2 aromatic carbocycles. The standard InChI is InChI=1S/C14H10FN3O2/c15-13-5-2-6-14(12(13)8-16)17-9-10-3-1-4-11(7-10)18(19)20/h1-7,17H,9H2. The molecule has 1 N–H and O–H groups in total. The summed E-state index contributed by atoms with van der Waals surface area (Å²) in [6.45, 7) is 0.264. The fraction of sp³-hybridized carbons (Fsp3) is 0.0714. The van der Waals surface area contributed by atoms with Gasteiger partial charge in [-0.2, -0.15) is 5.26 Å². The number of hydrogen-bond donors (Lipinski definition) is 1. The molecule has 0 bridgehead atoms. The van der Waals surface area contributed by atoms with Crippen molar-refractivity contribution in [3.63, 3.8) is 0 Å². The summed E-state index contributed by atoms with van der Waals surface area (Å²) in [6.07, 6.45) is 0. The van der Waals surface area contributed by atoms with Gasteiger partial charge < -0.3 is 5.32 Å². The molecule has 0 aliphatic carbocycles. The monoisotopic (exact) mass is 271 g/mol. The minimum Gasteiger partial charge on any atom is -0.380 e. The summed E-state index contributed by atoms with van der Waals surface area (Å²) in [5.41, 5.74) is 0.952. The van der Waals surface area contributed by atoms with Crippen LogP contribution in [0.5, 0.6) is 0 Å². The zero-order valence-electron chi connectivity index (χ0n) is 10.3. The van der Waals surface area contributed by atoms with E-state index in [-0.39, 0.29) is 17.8 Å². The average molecular weight is 271 g/mol. The number of nitro groups is 1. The van der Waals surface area contributed by atoms with E-state index in [0.717, 1.165) is 0 Å². The van der Waals surface area contributed by atoms with Crippen LogP contribution in [0.3, 0.4) is 0 Å². The fourth-order valence-corrected chi connectivity index (χ4v) is 1.76. The Balaban J connectivity index is 2.17. The predicted octanol–water partition coefficient (Wildman–Crippen LogP) is 3.22. The van der Waals surface area contributed by atoms with Crippen LogP contribution < -0.4 is 5.32 Å². The van der Waals surface area contributed by atoms with E-state index in [2.05, 4.69) is 5.32 Å². The maximum Gasteiger partial charge on any atom is 0.269 e. The first-order valence-electron chi connectivity index (χ1n) is 5.77. The Bertz CT molecular complexity index is 695. The molecule has 0 atom stereocenters. The van der Waals surface area contributed by atoms with Crippen LogP contribution in [0, 0.1) is 27.3 Å². The molecular weight excluding hydrogens is 261 g/mol. The third-order valence-electron chi connectivity index (χ3n) is 2.73. The van der Waals surface area contributed by atoms with Crippen LogP contribution in [-0.4, -0.2) is 4.92 Å². The van der Waals surface area contributed by atoms with E-state index < -0.39 is 10.7 Å². The maximum atomic E-state index is 13.4. The zero-order valence-corrected chi connectivity index (χ0v) is 10.3. The largest absolute Gasteiger partial charge is 0.380 e. The summed E-state index contributed by atoms with van der Waals surface area (Å²) in [5.74, 6) is -0.600. The van der Waals surface area contributed by atoms with Crippen LogP contribution in [0.4, 0.5) is 15.8 Å². The molecule has 2 rings (SSSR count). The summed E-state index contributed by atoms with van der Waals surface area (Å²) < 4.78 is 13.4. The number of nitrogens with one attached hydrogen (secondary N) is 1. The molecule has 0 fully saturated rings. The lowest BCUT2D eigenvalue weighted by atomic mass is 10.1. The molecular formula is C14H10FN3O2. The molecule has 0 heterocycles. The van der Waals surface area contributed by atoms with E-state index in [9.17, 15) is 14.5 Å². The number of hydrogen-bond acceptors (Lipinski definition) is 4. The Morgan fingerprint density at radius 2 is 2.05 bits per heavy atom. The van der Waals surface area contributed by atoms with Gasteiger partial charge in [-0.15, -0.1) is 0 Å². The number of nitrogens with zero attached hydrogens (tertiary/aromatic N) is 2. The minimum atomic E-state index is -0.600. The van der Waals surface area contributed by atoms with Gasteiger partial charge in [0.25, 0.3) is 5.69 Å². The molecule has 2 aromatic rings. The Morgan fingerprint density at radius 1 is 1.30 bits per heavy atom. The normalized spacial score (nSPS) is 9.80. The molecule has 0 aromatic heterocycles. The summed E-state index contributed by atoms with van der Waals surface area (Å²) in [4.78, 5) is 10.2. The van der Waals surface area contributed by atoms with Gasteiger partial charge in [0.2, 0.25) is 0 Å². The number of halogens is 1. The van der Waals surface area contributed by atoms with Gasteiger partial charge >= 0.3 is 0 Å². The first kappa shape index (κ1) is 13.5. The topological polar surface area (TPSA) is 79.0 Å². The van der Waals surface area contributed by atoms with Gasteiger partial charge in [-0.05, 0) is 17.7 Å². The minimum absolute atomic E-state index is 0.0101. The van der Waals surface area contributed by atoms with Crippen LogP contribution in [0.25, 0.3) is 0 Å². The second-order valence-corrected chi connectivity index (χ2v) is 4.05. The molecule has 5 nitrogen and oxygen atoms in total. The highest BCUT2D eigenvalue weighted by molar-refractivity contribution is 5.58. The summed E-state index contributed by atoms with van der Waals surface area (Å²) >= 11 is 0. The second-order valence-electron chi connectivity index (χ2n) is 4.05. The lowest BCUT2D eigenvalue weighted by molar-refractivity contribution is -0.384. The maximum absolute atomic E-state index is 13.4. The van der Waals surface area contributed by atoms with Crippen molar-refractivity contribution in [1.82, 2.24) is 0 Å².